The lowest BCUT2D eigenvalue weighted by Crippen LogP contribution is -2.44. The van der Waals surface area contributed by atoms with E-state index in [4.69, 9.17) is 37.5 Å². The molecule has 5 rings (SSSR count). The van der Waals surface area contributed by atoms with Gasteiger partial charge in [-0.15, -0.1) is 0 Å². The molecule has 3 aliphatic rings. The highest BCUT2D eigenvalue weighted by molar-refractivity contribution is 6.73. The van der Waals surface area contributed by atoms with Crippen molar-refractivity contribution >= 4 is 43.4 Å². The number of halogens is 2. The van der Waals surface area contributed by atoms with Crippen molar-refractivity contribution in [3.05, 3.63) is 51.3 Å². The Morgan fingerprint density at radius 1 is 0.979 bits per heavy atom. The highest BCUT2D eigenvalue weighted by Gasteiger charge is 2.45. The summed E-state index contributed by atoms with van der Waals surface area (Å²) in [6.07, 6.45) is 12.0. The molecule has 1 spiro atoms. The summed E-state index contributed by atoms with van der Waals surface area (Å²) in [6, 6.07) is 8.71. The monoisotopic (exact) mass is 717 g/mol. The highest BCUT2D eigenvalue weighted by Crippen LogP contribution is 2.57. The number of benzene rings is 1. The van der Waals surface area contributed by atoms with Crippen molar-refractivity contribution < 1.29 is 18.8 Å². The van der Waals surface area contributed by atoms with Crippen molar-refractivity contribution in [1.82, 2.24) is 14.7 Å². The summed E-state index contributed by atoms with van der Waals surface area (Å²) in [5, 5.41) is 5.96. The van der Waals surface area contributed by atoms with Gasteiger partial charge in [-0.1, -0.05) is 50.0 Å². The van der Waals surface area contributed by atoms with Gasteiger partial charge in [0.05, 0.1) is 42.5 Å². The van der Waals surface area contributed by atoms with Crippen LogP contribution >= 0.6 is 23.2 Å². The number of aromatic nitrogens is 2. The predicted molar refractivity (Wildman–Crippen MR) is 196 cm³/mol. The Kier molecular flexibility index (Phi) is 12.1. The Morgan fingerprint density at radius 2 is 1.58 bits per heavy atom. The van der Waals surface area contributed by atoms with Crippen LogP contribution < -0.4 is 0 Å². The Labute approximate surface area is 299 Å². The second-order valence-corrected chi connectivity index (χ2v) is 20.8. The van der Waals surface area contributed by atoms with Gasteiger partial charge in [0, 0.05) is 27.8 Å². The highest BCUT2D eigenvalue weighted by atomic mass is 35.5. The number of hydrogen-bond donors (Lipinski definition) is 0. The summed E-state index contributed by atoms with van der Waals surface area (Å²) in [5.41, 5.74) is 2.41. The lowest BCUT2D eigenvalue weighted by atomic mass is 9.74. The van der Waals surface area contributed by atoms with Crippen LogP contribution in [0.1, 0.15) is 133 Å². The van der Waals surface area contributed by atoms with Crippen LogP contribution in [0.5, 0.6) is 0 Å². The van der Waals surface area contributed by atoms with Crippen molar-refractivity contribution in [1.29, 1.82) is 0 Å². The van der Waals surface area contributed by atoms with E-state index in [2.05, 4.69) is 20.8 Å². The van der Waals surface area contributed by atoms with Crippen LogP contribution in [0.2, 0.25) is 28.2 Å². The Hall–Kier alpha value is -1.87. The topological polar surface area (TPSA) is 73.7 Å². The fourth-order valence-electron chi connectivity index (χ4n) is 8.37. The molecular weight excluding hydrogens is 661 g/mol. The first-order valence-corrected chi connectivity index (χ1v) is 21.8. The quantitative estimate of drug-likeness (QED) is 0.144. The van der Waals surface area contributed by atoms with Crippen molar-refractivity contribution in [2.45, 2.75) is 136 Å². The number of amides is 1. The summed E-state index contributed by atoms with van der Waals surface area (Å²) in [6.45, 7) is 14.0. The minimum Gasteiger partial charge on any atom is -0.466 e. The first-order valence-electron chi connectivity index (χ1n) is 18.5. The smallest absolute Gasteiger partial charge is 0.311 e. The fourth-order valence-corrected chi connectivity index (χ4v) is 11.8. The lowest BCUT2D eigenvalue weighted by molar-refractivity contribution is -0.156. The van der Waals surface area contributed by atoms with Gasteiger partial charge >= 0.3 is 5.97 Å². The molecule has 1 atom stereocenters. The van der Waals surface area contributed by atoms with Gasteiger partial charge in [0.2, 0.25) is 0 Å². The summed E-state index contributed by atoms with van der Waals surface area (Å²) in [7, 11) is -2.11. The standard InChI is InChI=1S/C38H57Cl2N3O4Si/c1-7-46-36(45)37(6)18-16-29(17-19-37)43-27(5)30(24-41-43)35(44)42(25-28-14-20-38(21-15-28)22-23-38)26-33(47-48(8-2,9-3)10-4)34-31(39)12-11-13-32(34)40/h11-13,24,28-29,33H,7-10,14-23,25-26H2,1-6H3/t29-,33?,37-. The summed E-state index contributed by atoms with van der Waals surface area (Å²) < 4.78 is 14.6. The van der Waals surface area contributed by atoms with Gasteiger partial charge in [0.1, 0.15) is 0 Å². The zero-order valence-electron chi connectivity index (χ0n) is 30.1. The molecule has 0 aliphatic heterocycles. The van der Waals surface area contributed by atoms with Crippen LogP contribution in [0.3, 0.4) is 0 Å². The molecule has 1 unspecified atom stereocenters. The van der Waals surface area contributed by atoms with E-state index < -0.39 is 19.8 Å². The summed E-state index contributed by atoms with van der Waals surface area (Å²) in [5.74, 6) is 0.327. The first kappa shape index (κ1) is 37.4. The van der Waals surface area contributed by atoms with Crippen LogP contribution in [0.25, 0.3) is 0 Å². The lowest BCUT2D eigenvalue weighted by Gasteiger charge is -2.38. The average molecular weight is 719 g/mol. The Morgan fingerprint density at radius 3 is 2.12 bits per heavy atom. The van der Waals surface area contributed by atoms with Gasteiger partial charge in [-0.3, -0.25) is 14.3 Å². The number of esters is 1. The molecule has 0 N–H and O–H groups in total. The Balaban J connectivity index is 1.43. The third-order valence-corrected chi connectivity index (χ3v) is 17.7. The third-order valence-electron chi connectivity index (χ3n) is 12.4. The van der Waals surface area contributed by atoms with Crippen molar-refractivity contribution in [3.8, 4) is 0 Å². The third kappa shape index (κ3) is 8.03. The van der Waals surface area contributed by atoms with Crippen LogP contribution in [0.15, 0.2) is 24.4 Å². The zero-order chi connectivity index (χ0) is 34.7. The number of hydrogen-bond acceptors (Lipinski definition) is 5. The van der Waals surface area contributed by atoms with Crippen molar-refractivity contribution in [2.24, 2.45) is 16.7 Å². The normalized spacial score (nSPS) is 23.2. The number of carbonyl (C=O) groups is 2. The fraction of sp³-hybridized carbons (Fsp3) is 0.711. The minimum absolute atomic E-state index is 0.00818. The number of nitrogens with zero attached hydrogens (tertiary/aromatic N) is 3. The van der Waals surface area contributed by atoms with Crippen LogP contribution in [0, 0.1) is 23.7 Å². The maximum atomic E-state index is 14.8. The van der Waals surface area contributed by atoms with Crippen LogP contribution in [-0.4, -0.2) is 54.6 Å². The molecule has 2 aromatic rings. The maximum absolute atomic E-state index is 14.8. The van der Waals surface area contributed by atoms with Crippen molar-refractivity contribution in [2.75, 3.05) is 19.7 Å². The molecule has 0 saturated heterocycles. The van der Waals surface area contributed by atoms with Crippen LogP contribution in [-0.2, 0) is 14.0 Å². The van der Waals surface area contributed by atoms with E-state index in [0.29, 0.717) is 46.6 Å². The van der Waals surface area contributed by atoms with Gasteiger partial charge in [-0.25, -0.2) is 0 Å². The molecule has 266 valence electrons. The maximum Gasteiger partial charge on any atom is 0.311 e. The first-order chi connectivity index (χ1) is 22.9. The molecule has 1 heterocycles. The summed E-state index contributed by atoms with van der Waals surface area (Å²) in [4.78, 5) is 29.4. The molecule has 3 aliphatic carbocycles. The van der Waals surface area contributed by atoms with Gasteiger partial charge in [-0.05, 0) is 127 Å². The molecule has 0 radical (unpaired) electrons. The van der Waals surface area contributed by atoms with Crippen molar-refractivity contribution in [3.63, 3.8) is 0 Å². The second-order valence-electron chi connectivity index (χ2n) is 15.2. The summed E-state index contributed by atoms with van der Waals surface area (Å²) >= 11 is 13.7. The number of rotatable bonds is 14. The van der Waals surface area contributed by atoms with E-state index in [1.807, 2.05) is 48.6 Å². The molecule has 10 heteroatoms. The largest absolute Gasteiger partial charge is 0.466 e. The number of ether oxygens (including phenoxy) is 1. The van der Waals surface area contributed by atoms with E-state index in [-0.39, 0.29) is 17.9 Å². The van der Waals surface area contributed by atoms with Gasteiger partial charge < -0.3 is 14.1 Å². The molecule has 1 aromatic heterocycles. The molecule has 0 bridgehead atoms. The average Bonchev–Trinajstić information content (AvgIpc) is 3.73. The molecule has 3 fully saturated rings. The van der Waals surface area contributed by atoms with Crippen LogP contribution in [0.4, 0.5) is 0 Å². The molecular formula is C38H57Cl2N3O4Si. The minimum atomic E-state index is -2.11. The Bertz CT molecular complexity index is 1390. The van der Waals surface area contributed by atoms with E-state index in [9.17, 15) is 9.59 Å². The second kappa shape index (κ2) is 15.6. The predicted octanol–water partition coefficient (Wildman–Crippen LogP) is 10.4. The SMILES string of the molecule is CCOC(=O)[C@]1(C)CC[C@@H](n2ncc(C(=O)N(CC3CCC4(CC3)CC4)CC(O[Si](CC)(CC)CC)c3c(Cl)cccc3Cl)c2C)CC1. The van der Waals surface area contributed by atoms with E-state index >= 15 is 0 Å². The zero-order valence-corrected chi connectivity index (χ0v) is 32.6. The molecule has 7 nitrogen and oxygen atoms in total. The van der Waals surface area contributed by atoms with E-state index in [0.717, 1.165) is 67.9 Å². The molecule has 1 amide bonds. The van der Waals surface area contributed by atoms with Gasteiger partial charge in [0.25, 0.3) is 5.91 Å². The van der Waals surface area contributed by atoms with E-state index in [1.54, 1.807) is 6.20 Å². The van der Waals surface area contributed by atoms with E-state index in [1.165, 1.54) is 25.7 Å². The molecule has 3 saturated carbocycles. The molecule has 48 heavy (non-hydrogen) atoms. The van der Waals surface area contributed by atoms with Gasteiger partial charge in [-0.2, -0.15) is 5.10 Å². The number of carbonyl (C=O) groups excluding carboxylic acids is 2. The molecule has 1 aromatic carbocycles. The van der Waals surface area contributed by atoms with Gasteiger partial charge in [0.15, 0.2) is 8.32 Å².